The molecule has 162 valence electrons. The lowest BCUT2D eigenvalue weighted by molar-refractivity contribution is 0.221. The zero-order chi connectivity index (χ0) is 21.1. The number of anilines is 1. The largest absolute Gasteiger partial charge is 0.479 e. The van der Waals surface area contributed by atoms with E-state index in [1.165, 1.54) is 24.7 Å². The fourth-order valence-corrected chi connectivity index (χ4v) is 3.65. The quantitative estimate of drug-likeness (QED) is 0.698. The second-order valence-electron chi connectivity index (χ2n) is 9.27. The Balaban J connectivity index is 1.28. The van der Waals surface area contributed by atoms with E-state index in [0.717, 1.165) is 50.8 Å². The number of H-pyrrole nitrogens is 1. The van der Waals surface area contributed by atoms with Crippen LogP contribution >= 0.6 is 0 Å². The minimum atomic E-state index is -0.382. The van der Waals surface area contributed by atoms with E-state index in [1.54, 1.807) is 6.07 Å². The van der Waals surface area contributed by atoms with Gasteiger partial charge in [-0.1, -0.05) is 20.8 Å². The van der Waals surface area contributed by atoms with Crippen LogP contribution in [0.25, 0.3) is 0 Å². The van der Waals surface area contributed by atoms with Crippen molar-refractivity contribution in [1.82, 2.24) is 24.8 Å². The molecule has 0 radical (unpaired) electrons. The van der Waals surface area contributed by atoms with Gasteiger partial charge in [0, 0.05) is 68.1 Å². The summed E-state index contributed by atoms with van der Waals surface area (Å²) in [4.78, 5) is 32.0. The highest BCUT2D eigenvalue weighted by Gasteiger charge is 2.29. The van der Waals surface area contributed by atoms with Crippen molar-refractivity contribution in [3.63, 3.8) is 0 Å². The van der Waals surface area contributed by atoms with Gasteiger partial charge in [0.15, 0.2) is 5.88 Å². The van der Waals surface area contributed by atoms with Gasteiger partial charge in [0.05, 0.1) is 6.61 Å². The fraction of sp³-hybridized carbons (Fsp3) is 0.636. The van der Waals surface area contributed by atoms with Gasteiger partial charge in [0.2, 0.25) is 0 Å². The number of ether oxygens (including phenoxy) is 1. The van der Waals surface area contributed by atoms with Gasteiger partial charge in [-0.15, -0.1) is 0 Å². The lowest BCUT2D eigenvalue weighted by atomic mass is 9.95. The molecule has 2 fully saturated rings. The van der Waals surface area contributed by atoms with Crippen molar-refractivity contribution in [1.29, 1.82) is 0 Å². The predicted octanol–water partition coefficient (Wildman–Crippen LogP) is 2.33. The second-order valence-corrected chi connectivity index (χ2v) is 9.27. The average molecular weight is 413 g/mol. The zero-order valence-electron chi connectivity index (χ0n) is 18.2. The van der Waals surface area contributed by atoms with Crippen LogP contribution in [0.5, 0.6) is 5.88 Å². The van der Waals surface area contributed by atoms with Crippen LogP contribution in [0.15, 0.2) is 23.1 Å². The van der Waals surface area contributed by atoms with E-state index in [9.17, 15) is 4.79 Å². The van der Waals surface area contributed by atoms with Gasteiger partial charge in [0.1, 0.15) is 11.6 Å². The van der Waals surface area contributed by atoms with E-state index in [2.05, 4.69) is 46.6 Å². The first-order valence-electron chi connectivity index (χ1n) is 10.9. The standard InChI is InChI=1S/C22H32N6O2/c1-22(2,3)20-24-17(16-5-6-16)15-18(25-20)28-12-10-27(11-13-28)9-4-14-30-19-7-8-23-21(29)26-19/h7-8,15-16H,4-6,9-14H2,1-3H3,(H,23,26,29). The van der Waals surface area contributed by atoms with Crippen LogP contribution in [0.3, 0.4) is 0 Å². The van der Waals surface area contributed by atoms with Crippen LogP contribution < -0.4 is 15.3 Å². The molecule has 1 saturated heterocycles. The summed E-state index contributed by atoms with van der Waals surface area (Å²) in [6, 6.07) is 3.88. The molecule has 1 aliphatic carbocycles. The third kappa shape index (κ3) is 5.36. The Hall–Kier alpha value is -2.48. The molecule has 0 amide bonds. The number of aromatic amines is 1. The van der Waals surface area contributed by atoms with Gasteiger partial charge in [-0.2, -0.15) is 0 Å². The highest BCUT2D eigenvalue weighted by molar-refractivity contribution is 5.42. The number of rotatable bonds is 7. The fourth-order valence-electron chi connectivity index (χ4n) is 3.65. The maximum absolute atomic E-state index is 11.2. The summed E-state index contributed by atoms with van der Waals surface area (Å²) in [5.74, 6) is 3.14. The summed E-state index contributed by atoms with van der Waals surface area (Å²) in [7, 11) is 0. The Morgan fingerprint density at radius 1 is 1.17 bits per heavy atom. The molecule has 1 saturated carbocycles. The summed E-state index contributed by atoms with van der Waals surface area (Å²) < 4.78 is 5.61. The van der Waals surface area contributed by atoms with Crippen molar-refractivity contribution in [2.24, 2.45) is 0 Å². The molecule has 2 aromatic rings. The van der Waals surface area contributed by atoms with E-state index in [-0.39, 0.29) is 11.1 Å². The highest BCUT2D eigenvalue weighted by Crippen LogP contribution is 2.40. The molecule has 30 heavy (non-hydrogen) atoms. The SMILES string of the molecule is CC(C)(C)c1nc(C2CC2)cc(N2CCN(CCCOc3ccnc(=O)[nH]3)CC2)n1. The Morgan fingerprint density at radius 3 is 2.60 bits per heavy atom. The van der Waals surface area contributed by atoms with Crippen LogP contribution in [-0.2, 0) is 5.41 Å². The molecule has 0 atom stereocenters. The predicted molar refractivity (Wildman–Crippen MR) is 116 cm³/mol. The Labute approximate surface area is 177 Å². The van der Waals surface area contributed by atoms with Crippen molar-refractivity contribution < 1.29 is 4.74 Å². The van der Waals surface area contributed by atoms with Crippen LogP contribution in [0.4, 0.5) is 5.82 Å². The zero-order valence-corrected chi connectivity index (χ0v) is 18.2. The summed E-state index contributed by atoms with van der Waals surface area (Å²) in [6.07, 6.45) is 4.88. The third-order valence-electron chi connectivity index (χ3n) is 5.62. The Kier molecular flexibility index (Phi) is 6.04. The van der Waals surface area contributed by atoms with E-state index in [4.69, 9.17) is 14.7 Å². The van der Waals surface area contributed by atoms with Crippen LogP contribution in [-0.4, -0.2) is 64.2 Å². The molecule has 8 heteroatoms. The number of hydrogen-bond acceptors (Lipinski definition) is 7. The minimum absolute atomic E-state index is 0.0411. The normalized spacial score (nSPS) is 17.9. The molecule has 4 rings (SSSR count). The number of aromatic nitrogens is 4. The molecule has 1 N–H and O–H groups in total. The van der Waals surface area contributed by atoms with E-state index < -0.39 is 0 Å². The van der Waals surface area contributed by atoms with Gasteiger partial charge in [-0.05, 0) is 19.3 Å². The Bertz CT molecular complexity index is 910. The Morgan fingerprint density at radius 2 is 1.93 bits per heavy atom. The highest BCUT2D eigenvalue weighted by atomic mass is 16.5. The van der Waals surface area contributed by atoms with E-state index >= 15 is 0 Å². The van der Waals surface area contributed by atoms with Crippen molar-refractivity contribution in [3.05, 3.63) is 40.3 Å². The monoisotopic (exact) mass is 412 g/mol. The topological polar surface area (TPSA) is 87.2 Å². The lowest BCUT2D eigenvalue weighted by Gasteiger charge is -2.36. The van der Waals surface area contributed by atoms with Crippen molar-refractivity contribution >= 4 is 5.82 Å². The molecule has 0 bridgehead atoms. The van der Waals surface area contributed by atoms with E-state index in [0.29, 0.717) is 18.4 Å². The van der Waals surface area contributed by atoms with Crippen molar-refractivity contribution in [3.8, 4) is 5.88 Å². The molecule has 0 aromatic carbocycles. The molecule has 1 aliphatic heterocycles. The van der Waals surface area contributed by atoms with Crippen LogP contribution in [0.2, 0.25) is 0 Å². The molecule has 8 nitrogen and oxygen atoms in total. The summed E-state index contributed by atoms with van der Waals surface area (Å²) in [5.41, 5.74) is 0.798. The first-order chi connectivity index (χ1) is 14.4. The van der Waals surface area contributed by atoms with Gasteiger partial charge in [0.25, 0.3) is 0 Å². The molecule has 0 unspecified atom stereocenters. The molecular weight excluding hydrogens is 380 g/mol. The maximum atomic E-state index is 11.2. The van der Waals surface area contributed by atoms with Crippen molar-refractivity contribution in [2.75, 3.05) is 44.2 Å². The molecule has 0 spiro atoms. The summed E-state index contributed by atoms with van der Waals surface area (Å²) >= 11 is 0. The molecular formula is C22H32N6O2. The van der Waals surface area contributed by atoms with Crippen LogP contribution in [0.1, 0.15) is 57.5 Å². The van der Waals surface area contributed by atoms with Crippen LogP contribution in [0, 0.1) is 0 Å². The number of hydrogen-bond donors (Lipinski definition) is 1. The van der Waals surface area contributed by atoms with E-state index in [1.807, 2.05) is 0 Å². The molecule has 2 aromatic heterocycles. The number of nitrogens with zero attached hydrogens (tertiary/aromatic N) is 5. The van der Waals surface area contributed by atoms with Gasteiger partial charge >= 0.3 is 5.69 Å². The minimum Gasteiger partial charge on any atom is -0.479 e. The molecule has 2 aliphatic rings. The molecule has 3 heterocycles. The maximum Gasteiger partial charge on any atom is 0.347 e. The lowest BCUT2D eigenvalue weighted by Crippen LogP contribution is -2.47. The first kappa shape index (κ1) is 20.8. The first-order valence-corrected chi connectivity index (χ1v) is 10.9. The smallest absolute Gasteiger partial charge is 0.347 e. The van der Waals surface area contributed by atoms with Gasteiger partial charge in [-0.3, -0.25) is 9.88 Å². The second kappa shape index (κ2) is 8.71. The number of nitrogens with one attached hydrogen (secondary N) is 1. The van der Waals surface area contributed by atoms with Gasteiger partial charge in [-0.25, -0.2) is 19.7 Å². The van der Waals surface area contributed by atoms with Gasteiger partial charge < -0.3 is 9.64 Å². The third-order valence-corrected chi connectivity index (χ3v) is 5.62. The van der Waals surface area contributed by atoms with Crippen molar-refractivity contribution in [2.45, 2.75) is 51.4 Å². The summed E-state index contributed by atoms with van der Waals surface area (Å²) in [5, 5.41) is 0. The number of piperazine rings is 1. The summed E-state index contributed by atoms with van der Waals surface area (Å²) in [6.45, 7) is 12.1. The average Bonchev–Trinajstić information content (AvgIpc) is 3.56.